The summed E-state index contributed by atoms with van der Waals surface area (Å²) in [6.45, 7) is 8.08. The van der Waals surface area contributed by atoms with Crippen molar-refractivity contribution in [2.75, 3.05) is 45.8 Å². The Hall–Kier alpha value is -2.29. The van der Waals surface area contributed by atoms with E-state index >= 15 is 0 Å². The van der Waals surface area contributed by atoms with E-state index in [0.29, 0.717) is 6.54 Å². The van der Waals surface area contributed by atoms with E-state index in [1.54, 1.807) is 18.3 Å². The molecular weight excluding hydrogens is 410 g/mol. The van der Waals surface area contributed by atoms with Crippen molar-refractivity contribution in [2.45, 2.75) is 32.4 Å². The molecule has 3 heterocycles. The van der Waals surface area contributed by atoms with Gasteiger partial charge in [-0.1, -0.05) is 30.3 Å². The normalized spacial score (nSPS) is 18.8. The van der Waals surface area contributed by atoms with E-state index in [2.05, 4.69) is 32.6 Å². The number of carbonyl (C=O) groups is 2. The molecule has 0 radical (unpaired) electrons. The first kappa shape index (κ1) is 21.9. The van der Waals surface area contributed by atoms with Crippen molar-refractivity contribution in [2.24, 2.45) is 0 Å². The second-order valence-corrected chi connectivity index (χ2v) is 9.27. The summed E-state index contributed by atoms with van der Waals surface area (Å²) in [7, 11) is 0. The van der Waals surface area contributed by atoms with Crippen LogP contribution in [0.25, 0.3) is 10.6 Å². The number of thiazole rings is 1. The maximum absolute atomic E-state index is 12.4. The van der Waals surface area contributed by atoms with Gasteiger partial charge in [0.2, 0.25) is 11.8 Å². The van der Waals surface area contributed by atoms with E-state index < -0.39 is 0 Å². The lowest BCUT2D eigenvalue weighted by molar-refractivity contribution is -0.130. The lowest BCUT2D eigenvalue weighted by Crippen LogP contribution is -2.51. The molecule has 1 N–H and O–H groups in total. The molecule has 7 nitrogen and oxygen atoms in total. The maximum Gasteiger partial charge on any atom is 0.234 e. The van der Waals surface area contributed by atoms with Gasteiger partial charge in [-0.3, -0.25) is 19.4 Å². The molecular formula is C23H31N5O2S. The zero-order chi connectivity index (χ0) is 21.6. The lowest BCUT2D eigenvalue weighted by Gasteiger charge is -2.35. The van der Waals surface area contributed by atoms with Crippen LogP contribution < -0.4 is 5.32 Å². The van der Waals surface area contributed by atoms with Crippen LogP contribution in [-0.4, -0.2) is 83.4 Å². The van der Waals surface area contributed by atoms with Crippen LogP contribution in [0.1, 0.15) is 25.5 Å². The number of hydrogen-bond acceptors (Lipinski definition) is 6. The highest BCUT2D eigenvalue weighted by molar-refractivity contribution is 7.13. The van der Waals surface area contributed by atoms with E-state index in [4.69, 9.17) is 4.98 Å². The van der Waals surface area contributed by atoms with Crippen LogP contribution in [0.3, 0.4) is 0 Å². The smallest absolute Gasteiger partial charge is 0.234 e. The summed E-state index contributed by atoms with van der Waals surface area (Å²) in [5, 5.41) is 6.38. The number of likely N-dealkylation sites (tertiary alicyclic amines) is 1. The van der Waals surface area contributed by atoms with Crippen LogP contribution in [0, 0.1) is 0 Å². The minimum Gasteiger partial charge on any atom is -0.352 e. The van der Waals surface area contributed by atoms with E-state index in [-0.39, 0.29) is 17.9 Å². The van der Waals surface area contributed by atoms with E-state index in [1.165, 1.54) is 5.56 Å². The van der Waals surface area contributed by atoms with Crippen LogP contribution in [0.4, 0.5) is 0 Å². The number of rotatable bonds is 6. The Balaban J connectivity index is 1.17. The molecule has 0 bridgehead atoms. The predicted molar refractivity (Wildman–Crippen MR) is 123 cm³/mol. The van der Waals surface area contributed by atoms with Gasteiger partial charge < -0.3 is 10.2 Å². The summed E-state index contributed by atoms with van der Waals surface area (Å²) in [5.74, 6) is 0.221. The minimum absolute atomic E-state index is 0.0988. The van der Waals surface area contributed by atoms with E-state index in [1.807, 2.05) is 23.1 Å². The van der Waals surface area contributed by atoms with Gasteiger partial charge in [0, 0.05) is 69.7 Å². The third-order valence-corrected chi connectivity index (χ3v) is 7.04. The Morgan fingerprint density at radius 3 is 2.39 bits per heavy atom. The fraction of sp³-hybridized carbons (Fsp3) is 0.522. The Bertz CT molecular complexity index is 871. The number of aromatic nitrogens is 1. The molecule has 0 unspecified atom stereocenters. The van der Waals surface area contributed by atoms with E-state index in [9.17, 15) is 9.59 Å². The molecule has 2 aliphatic heterocycles. The van der Waals surface area contributed by atoms with Crippen LogP contribution in [-0.2, 0) is 16.1 Å². The SMILES string of the molecule is CC(=O)N1CCC(NC(=O)CN2CCN(Cc3csc(-c4ccccc4)n3)CC2)CC1. The standard InChI is InChI=1S/C23H31N5O2S/c1-18(29)28-9-7-20(8-10-28)24-22(30)16-27-13-11-26(12-14-27)15-21-17-31-23(25-21)19-5-3-2-4-6-19/h2-6,17,20H,7-16H2,1H3,(H,24,30). The Morgan fingerprint density at radius 2 is 1.71 bits per heavy atom. The zero-order valence-electron chi connectivity index (χ0n) is 18.1. The largest absolute Gasteiger partial charge is 0.352 e. The number of carbonyl (C=O) groups excluding carboxylic acids is 2. The molecule has 0 atom stereocenters. The second kappa shape index (κ2) is 10.3. The average molecular weight is 442 g/mol. The zero-order valence-corrected chi connectivity index (χ0v) is 18.9. The van der Waals surface area contributed by atoms with Crippen molar-refractivity contribution in [3.05, 3.63) is 41.4 Å². The van der Waals surface area contributed by atoms with Gasteiger partial charge >= 0.3 is 0 Å². The molecule has 2 saturated heterocycles. The van der Waals surface area contributed by atoms with Crippen molar-refractivity contribution in [3.8, 4) is 10.6 Å². The van der Waals surface area contributed by atoms with Crippen LogP contribution in [0.15, 0.2) is 35.7 Å². The number of nitrogens with zero attached hydrogens (tertiary/aromatic N) is 4. The van der Waals surface area contributed by atoms with Gasteiger partial charge in [-0.25, -0.2) is 4.98 Å². The summed E-state index contributed by atoms with van der Waals surface area (Å²) < 4.78 is 0. The number of nitrogens with one attached hydrogen (secondary N) is 1. The van der Waals surface area contributed by atoms with Crippen LogP contribution in [0.2, 0.25) is 0 Å². The number of benzene rings is 1. The van der Waals surface area contributed by atoms with Gasteiger partial charge in [-0.2, -0.15) is 0 Å². The monoisotopic (exact) mass is 441 g/mol. The molecule has 1 aromatic heterocycles. The summed E-state index contributed by atoms with van der Waals surface area (Å²) in [4.78, 5) is 35.2. The Kier molecular flexibility index (Phi) is 7.32. The first-order chi connectivity index (χ1) is 15.1. The van der Waals surface area contributed by atoms with Crippen LogP contribution >= 0.6 is 11.3 Å². The fourth-order valence-electron chi connectivity index (χ4n) is 4.24. The molecule has 2 aromatic rings. The summed E-state index contributed by atoms with van der Waals surface area (Å²) in [6, 6.07) is 10.5. The predicted octanol–water partition coefficient (Wildman–Crippen LogP) is 2.05. The topological polar surface area (TPSA) is 68.8 Å². The quantitative estimate of drug-likeness (QED) is 0.743. The summed E-state index contributed by atoms with van der Waals surface area (Å²) in [6.07, 6.45) is 1.69. The Morgan fingerprint density at radius 1 is 1.03 bits per heavy atom. The highest BCUT2D eigenvalue weighted by Gasteiger charge is 2.24. The minimum atomic E-state index is 0.0988. The van der Waals surface area contributed by atoms with Gasteiger partial charge in [-0.05, 0) is 12.8 Å². The molecule has 31 heavy (non-hydrogen) atoms. The van der Waals surface area contributed by atoms with Crippen molar-refractivity contribution in [1.82, 2.24) is 25.0 Å². The molecule has 0 aliphatic carbocycles. The summed E-state index contributed by atoms with van der Waals surface area (Å²) in [5.41, 5.74) is 2.29. The first-order valence-electron chi connectivity index (χ1n) is 11.1. The number of piperazine rings is 1. The molecule has 1 aromatic carbocycles. The van der Waals surface area contributed by atoms with Gasteiger partial charge in [0.15, 0.2) is 0 Å². The summed E-state index contributed by atoms with van der Waals surface area (Å²) >= 11 is 1.70. The van der Waals surface area contributed by atoms with Crippen LogP contribution in [0.5, 0.6) is 0 Å². The molecule has 2 aliphatic rings. The molecule has 2 amide bonds. The molecule has 8 heteroatoms. The van der Waals surface area contributed by atoms with Crippen molar-refractivity contribution in [3.63, 3.8) is 0 Å². The van der Waals surface area contributed by atoms with E-state index in [0.717, 1.165) is 69.4 Å². The number of piperidine rings is 1. The maximum atomic E-state index is 12.4. The van der Waals surface area contributed by atoms with Crippen molar-refractivity contribution in [1.29, 1.82) is 0 Å². The van der Waals surface area contributed by atoms with Crippen molar-refractivity contribution >= 4 is 23.2 Å². The van der Waals surface area contributed by atoms with Gasteiger partial charge in [0.05, 0.1) is 12.2 Å². The average Bonchev–Trinajstić information content (AvgIpc) is 3.24. The molecule has 2 fully saturated rings. The second-order valence-electron chi connectivity index (χ2n) is 8.41. The first-order valence-corrected chi connectivity index (χ1v) is 11.9. The number of hydrogen-bond donors (Lipinski definition) is 1. The van der Waals surface area contributed by atoms with Crippen molar-refractivity contribution < 1.29 is 9.59 Å². The van der Waals surface area contributed by atoms with Gasteiger partial charge in [0.1, 0.15) is 5.01 Å². The third kappa shape index (κ3) is 6.12. The molecule has 0 spiro atoms. The van der Waals surface area contributed by atoms with Gasteiger partial charge in [0.25, 0.3) is 0 Å². The lowest BCUT2D eigenvalue weighted by atomic mass is 10.1. The fourth-order valence-corrected chi connectivity index (χ4v) is 5.06. The van der Waals surface area contributed by atoms with Gasteiger partial charge in [-0.15, -0.1) is 11.3 Å². The molecule has 4 rings (SSSR count). The molecule has 0 saturated carbocycles. The Labute approximate surface area is 188 Å². The highest BCUT2D eigenvalue weighted by Crippen LogP contribution is 2.24. The molecule has 166 valence electrons. The highest BCUT2D eigenvalue weighted by atomic mass is 32.1. The number of amides is 2. The third-order valence-electron chi connectivity index (χ3n) is 6.10.